The minimum Gasteiger partial charge on any atom is -0.508 e. The zero-order valence-electron chi connectivity index (χ0n) is 8.75. The van der Waals surface area contributed by atoms with E-state index in [9.17, 15) is 4.79 Å². The molecule has 0 unspecified atom stereocenters. The maximum Gasteiger partial charge on any atom is 0.337 e. The Bertz CT molecular complexity index is 392. The highest BCUT2D eigenvalue weighted by molar-refractivity contribution is 5.89. The smallest absolute Gasteiger partial charge is 0.337 e. The van der Waals surface area contributed by atoms with E-state index in [4.69, 9.17) is 5.11 Å². The van der Waals surface area contributed by atoms with Crippen LogP contribution in [0.25, 0.3) is 0 Å². The molecule has 0 aliphatic carbocycles. The van der Waals surface area contributed by atoms with E-state index in [0.29, 0.717) is 5.56 Å². The fraction of sp³-hybridized carbons (Fsp3) is 0.0909. The number of ether oxygens (including phenoxy) is 1. The zero-order valence-corrected chi connectivity index (χ0v) is 8.75. The standard InChI is InChI=1S/C8H8O3.C3H4N2/c1-11-8(10)6-2-4-7(9)5-3-6;1-2-5-3-4-1/h2-5,9H,1H3;1-3H,(H,4,5). The van der Waals surface area contributed by atoms with Gasteiger partial charge in [0.05, 0.1) is 19.0 Å². The quantitative estimate of drug-likeness (QED) is 0.715. The van der Waals surface area contributed by atoms with Gasteiger partial charge in [-0.05, 0) is 24.3 Å². The maximum atomic E-state index is 10.8. The molecular weight excluding hydrogens is 208 g/mol. The van der Waals surface area contributed by atoms with Crippen LogP contribution < -0.4 is 0 Å². The Labute approximate surface area is 92.7 Å². The third kappa shape index (κ3) is 3.83. The third-order valence-corrected chi connectivity index (χ3v) is 1.69. The molecule has 0 atom stereocenters. The van der Waals surface area contributed by atoms with E-state index in [0.717, 1.165) is 0 Å². The second-order valence-corrected chi connectivity index (χ2v) is 2.80. The number of imidazole rings is 1. The fourth-order valence-corrected chi connectivity index (χ4v) is 0.931. The number of esters is 1. The highest BCUT2D eigenvalue weighted by atomic mass is 16.5. The Morgan fingerprint density at radius 2 is 2.06 bits per heavy atom. The minimum atomic E-state index is -0.398. The maximum absolute atomic E-state index is 10.8. The van der Waals surface area contributed by atoms with Crippen molar-refractivity contribution in [2.45, 2.75) is 0 Å². The summed E-state index contributed by atoms with van der Waals surface area (Å²) in [6.45, 7) is 0. The highest BCUT2D eigenvalue weighted by Gasteiger charge is 2.02. The largest absolute Gasteiger partial charge is 0.508 e. The molecule has 2 N–H and O–H groups in total. The predicted octanol–water partition coefficient (Wildman–Crippen LogP) is 1.59. The van der Waals surface area contributed by atoms with Crippen molar-refractivity contribution in [2.24, 2.45) is 0 Å². The molecule has 5 nitrogen and oxygen atoms in total. The van der Waals surface area contributed by atoms with Crippen molar-refractivity contribution >= 4 is 5.97 Å². The molecule has 0 saturated carbocycles. The number of rotatable bonds is 1. The molecule has 0 amide bonds. The van der Waals surface area contributed by atoms with Crippen LogP contribution in [0.2, 0.25) is 0 Å². The molecule has 84 valence electrons. The predicted molar refractivity (Wildman–Crippen MR) is 58.0 cm³/mol. The number of nitrogens with one attached hydrogen (secondary N) is 1. The molecule has 1 aromatic carbocycles. The number of carbonyl (C=O) groups excluding carboxylic acids is 1. The number of phenolic OH excluding ortho intramolecular Hbond substituents is 1. The zero-order chi connectivity index (χ0) is 11.8. The molecule has 0 bridgehead atoms. The van der Waals surface area contributed by atoms with E-state index >= 15 is 0 Å². The van der Waals surface area contributed by atoms with Gasteiger partial charge < -0.3 is 14.8 Å². The van der Waals surface area contributed by atoms with Crippen LogP contribution >= 0.6 is 0 Å². The van der Waals surface area contributed by atoms with Crippen LogP contribution in [0, 0.1) is 0 Å². The number of benzene rings is 1. The van der Waals surface area contributed by atoms with Crippen molar-refractivity contribution in [3.05, 3.63) is 48.5 Å². The van der Waals surface area contributed by atoms with Gasteiger partial charge in [-0.2, -0.15) is 0 Å². The van der Waals surface area contributed by atoms with Gasteiger partial charge in [0.1, 0.15) is 5.75 Å². The summed E-state index contributed by atoms with van der Waals surface area (Å²) >= 11 is 0. The Kier molecular flexibility index (Phi) is 4.59. The summed E-state index contributed by atoms with van der Waals surface area (Å²) in [5, 5.41) is 8.86. The molecule has 0 spiro atoms. The summed E-state index contributed by atoms with van der Waals surface area (Å²) in [6.07, 6.45) is 5.08. The van der Waals surface area contributed by atoms with E-state index in [1.807, 2.05) is 0 Å². The molecule has 2 aromatic rings. The Balaban J connectivity index is 0.000000212. The lowest BCUT2D eigenvalue weighted by Crippen LogP contribution is -1.99. The molecule has 16 heavy (non-hydrogen) atoms. The number of aromatic hydroxyl groups is 1. The van der Waals surface area contributed by atoms with Crippen LogP contribution in [0.15, 0.2) is 43.0 Å². The van der Waals surface area contributed by atoms with Crippen LogP contribution in [-0.2, 0) is 4.74 Å². The molecule has 2 rings (SSSR count). The summed E-state index contributed by atoms with van der Waals surface area (Å²) < 4.78 is 4.46. The average molecular weight is 220 g/mol. The lowest BCUT2D eigenvalue weighted by molar-refractivity contribution is 0.0600. The number of hydrogen-bond donors (Lipinski definition) is 2. The topological polar surface area (TPSA) is 75.2 Å². The highest BCUT2D eigenvalue weighted by Crippen LogP contribution is 2.09. The van der Waals surface area contributed by atoms with Gasteiger partial charge in [0.25, 0.3) is 0 Å². The fourth-order valence-electron chi connectivity index (χ4n) is 0.931. The Morgan fingerprint density at radius 1 is 1.38 bits per heavy atom. The number of H-pyrrole nitrogens is 1. The van der Waals surface area contributed by atoms with Crippen LogP contribution in [-0.4, -0.2) is 28.2 Å². The Hall–Kier alpha value is -2.30. The van der Waals surface area contributed by atoms with Gasteiger partial charge in [-0.15, -0.1) is 0 Å². The SMILES string of the molecule is COC(=O)c1ccc(O)cc1.c1c[nH]cn1. The first-order chi connectivity index (χ1) is 7.74. The summed E-state index contributed by atoms with van der Waals surface area (Å²) in [5.74, 6) is -0.261. The first-order valence-electron chi connectivity index (χ1n) is 4.54. The van der Waals surface area contributed by atoms with Crippen molar-refractivity contribution < 1.29 is 14.6 Å². The van der Waals surface area contributed by atoms with Gasteiger partial charge >= 0.3 is 5.97 Å². The summed E-state index contributed by atoms with van der Waals surface area (Å²) in [7, 11) is 1.31. The second kappa shape index (κ2) is 6.23. The lowest BCUT2D eigenvalue weighted by Gasteiger charge is -1.97. The molecule has 0 aliphatic rings. The number of aromatic amines is 1. The van der Waals surface area contributed by atoms with Crippen LogP contribution in [0.5, 0.6) is 5.75 Å². The molecule has 0 aliphatic heterocycles. The van der Waals surface area contributed by atoms with Gasteiger partial charge in [0, 0.05) is 12.4 Å². The summed E-state index contributed by atoms with van der Waals surface area (Å²) in [6, 6.07) is 5.88. The number of carbonyl (C=O) groups is 1. The van der Waals surface area contributed by atoms with Gasteiger partial charge in [-0.3, -0.25) is 0 Å². The van der Waals surface area contributed by atoms with Gasteiger partial charge in [-0.1, -0.05) is 0 Å². The molecule has 5 heteroatoms. The van der Waals surface area contributed by atoms with E-state index < -0.39 is 5.97 Å². The third-order valence-electron chi connectivity index (χ3n) is 1.69. The summed E-state index contributed by atoms with van der Waals surface area (Å²) in [5.41, 5.74) is 0.435. The summed E-state index contributed by atoms with van der Waals surface area (Å²) in [4.78, 5) is 17.2. The van der Waals surface area contributed by atoms with Crippen LogP contribution in [0.1, 0.15) is 10.4 Å². The van der Waals surface area contributed by atoms with Crippen molar-refractivity contribution in [1.29, 1.82) is 0 Å². The number of methoxy groups -OCH3 is 1. The number of hydrogen-bond acceptors (Lipinski definition) is 4. The van der Waals surface area contributed by atoms with Crippen LogP contribution in [0.4, 0.5) is 0 Å². The number of phenols is 1. The monoisotopic (exact) mass is 220 g/mol. The van der Waals surface area contributed by atoms with Gasteiger partial charge in [0.15, 0.2) is 0 Å². The van der Waals surface area contributed by atoms with Crippen LogP contribution in [0.3, 0.4) is 0 Å². The average Bonchev–Trinajstić information content (AvgIpc) is 2.88. The van der Waals surface area contributed by atoms with E-state index in [-0.39, 0.29) is 5.75 Å². The van der Waals surface area contributed by atoms with E-state index in [1.165, 1.54) is 31.4 Å². The lowest BCUT2D eigenvalue weighted by atomic mass is 10.2. The Morgan fingerprint density at radius 3 is 2.44 bits per heavy atom. The molecule has 0 radical (unpaired) electrons. The molecule has 1 aromatic heterocycles. The number of nitrogens with zero attached hydrogens (tertiary/aromatic N) is 1. The van der Waals surface area contributed by atoms with E-state index in [2.05, 4.69) is 14.7 Å². The molecule has 0 fully saturated rings. The second-order valence-electron chi connectivity index (χ2n) is 2.80. The van der Waals surface area contributed by atoms with Crippen molar-refractivity contribution in [3.63, 3.8) is 0 Å². The van der Waals surface area contributed by atoms with Crippen molar-refractivity contribution in [1.82, 2.24) is 9.97 Å². The molecule has 0 saturated heterocycles. The van der Waals surface area contributed by atoms with E-state index in [1.54, 1.807) is 18.7 Å². The molecule has 1 heterocycles. The normalized spacial score (nSPS) is 8.81. The van der Waals surface area contributed by atoms with Crippen molar-refractivity contribution in [2.75, 3.05) is 7.11 Å². The first kappa shape index (κ1) is 11.8. The van der Waals surface area contributed by atoms with Gasteiger partial charge in [-0.25, -0.2) is 9.78 Å². The molecular formula is C11H12N2O3. The van der Waals surface area contributed by atoms with Crippen molar-refractivity contribution in [3.8, 4) is 5.75 Å². The minimum absolute atomic E-state index is 0.137. The number of aromatic nitrogens is 2. The van der Waals surface area contributed by atoms with Gasteiger partial charge in [0.2, 0.25) is 0 Å². The first-order valence-corrected chi connectivity index (χ1v) is 4.54.